The molecular weight excluding hydrogens is 905 g/mol. The summed E-state index contributed by atoms with van der Waals surface area (Å²) in [5.74, 6) is 0. The van der Waals surface area contributed by atoms with Crippen LogP contribution in [0.1, 0.15) is 80.4 Å². The van der Waals surface area contributed by atoms with E-state index in [4.69, 9.17) is 42.1 Å². The Morgan fingerprint density at radius 2 is 1.08 bits per heavy atom. The van der Waals surface area contributed by atoms with Gasteiger partial charge in [0.2, 0.25) is 0 Å². The maximum atomic E-state index is 13.0. The second-order valence-corrected chi connectivity index (χ2v) is 18.6. The topological polar surface area (TPSA) is 77.5 Å². The molecule has 0 bridgehead atoms. The number of carbonyl (C=O) groups is 2. The van der Waals surface area contributed by atoms with Gasteiger partial charge in [-0.25, -0.2) is 9.59 Å². The van der Waals surface area contributed by atoms with Gasteiger partial charge in [-0.3, -0.25) is 9.80 Å². The Labute approximate surface area is 334 Å². The molecular formula is C38H48Cl2I2N2O6. The zero-order valence-electron chi connectivity index (χ0n) is 30.5. The summed E-state index contributed by atoms with van der Waals surface area (Å²) in [7, 11) is 0. The molecule has 2 saturated heterocycles. The van der Waals surface area contributed by atoms with Crippen molar-refractivity contribution < 1.29 is 28.5 Å². The summed E-state index contributed by atoms with van der Waals surface area (Å²) in [5, 5.41) is 1.21. The smallest absolute Gasteiger partial charge is 0.413 e. The number of hydrogen-bond acceptors (Lipinski definition) is 6. The van der Waals surface area contributed by atoms with Crippen LogP contribution in [0, 0.1) is 7.14 Å². The van der Waals surface area contributed by atoms with Crippen LogP contribution in [0.3, 0.4) is 0 Å². The summed E-state index contributed by atoms with van der Waals surface area (Å²) >= 11 is 18.4. The zero-order chi connectivity index (χ0) is 37.4. The third-order valence-electron chi connectivity index (χ3n) is 8.17. The van der Waals surface area contributed by atoms with Gasteiger partial charge < -0.3 is 18.9 Å². The summed E-state index contributed by atoms with van der Waals surface area (Å²) in [6.45, 7) is 19.4. The van der Waals surface area contributed by atoms with E-state index < -0.39 is 34.8 Å². The first-order valence-electron chi connectivity index (χ1n) is 16.6. The highest BCUT2D eigenvalue weighted by Crippen LogP contribution is 2.39. The predicted octanol–water partition coefficient (Wildman–Crippen LogP) is 10.8. The number of ether oxygens (including phenoxy) is 4. The first kappa shape index (κ1) is 41.2. The molecule has 0 spiro atoms. The lowest BCUT2D eigenvalue weighted by atomic mass is 10.00. The third kappa shape index (κ3) is 10.3. The van der Waals surface area contributed by atoms with Crippen molar-refractivity contribution in [3.8, 4) is 11.1 Å². The average molecular weight is 954 g/mol. The van der Waals surface area contributed by atoms with Crippen molar-refractivity contribution >= 4 is 80.6 Å². The van der Waals surface area contributed by atoms with Gasteiger partial charge in [-0.1, -0.05) is 47.5 Å². The van der Waals surface area contributed by atoms with Gasteiger partial charge >= 0.3 is 12.2 Å². The van der Waals surface area contributed by atoms with Gasteiger partial charge in [0.1, 0.15) is 22.7 Å². The molecule has 274 valence electrons. The molecule has 8 nitrogen and oxygen atoms in total. The molecule has 2 aliphatic heterocycles. The summed E-state index contributed by atoms with van der Waals surface area (Å²) < 4.78 is 25.3. The first-order valence-corrected chi connectivity index (χ1v) is 19.5. The number of rotatable bonds is 7. The van der Waals surface area contributed by atoms with E-state index in [0.29, 0.717) is 36.1 Å². The minimum Gasteiger partial charge on any atom is -0.444 e. The highest BCUT2D eigenvalue weighted by atomic mass is 127. The highest BCUT2D eigenvalue weighted by molar-refractivity contribution is 14.1. The Morgan fingerprint density at radius 1 is 0.740 bits per heavy atom. The third-order valence-corrected chi connectivity index (χ3v) is 10.8. The van der Waals surface area contributed by atoms with Gasteiger partial charge in [-0.15, -0.1) is 0 Å². The second-order valence-electron chi connectivity index (χ2n) is 15.5. The van der Waals surface area contributed by atoms with Crippen molar-refractivity contribution in [2.45, 2.75) is 117 Å². The molecule has 0 unspecified atom stereocenters. The standard InChI is InChI=1S/C38H48Cl2I2N2O6/c1-35(2,3)49-33(45)43-25(21-47-37(43,7)8)15-11-13-23-17-29(39)27(19-31(23)41)28-20-32(42)24(18-30(28)40)14-12-16-26-22-48-38(9,10)44(26)34(46)50-36(4,5)6/h11-12,15-20,25-26H,13-14,21-22H2,1-10H3/b15-11+,16-12+/t25-,26-/m0/s1. The van der Waals surface area contributed by atoms with E-state index in [1.165, 1.54) is 0 Å². The average Bonchev–Trinajstić information content (AvgIpc) is 3.43. The quantitative estimate of drug-likeness (QED) is 0.203. The van der Waals surface area contributed by atoms with Gasteiger partial charge in [-0.2, -0.15) is 0 Å². The number of carbonyl (C=O) groups excluding carboxylic acids is 2. The van der Waals surface area contributed by atoms with Crippen LogP contribution in [0.5, 0.6) is 0 Å². The monoisotopic (exact) mass is 952 g/mol. The van der Waals surface area contributed by atoms with E-state index in [1.54, 1.807) is 9.80 Å². The largest absolute Gasteiger partial charge is 0.444 e. The number of allylic oxidation sites excluding steroid dienone is 2. The molecule has 2 aromatic carbocycles. The van der Waals surface area contributed by atoms with Gasteiger partial charge in [0.05, 0.1) is 25.3 Å². The normalized spacial score (nSPS) is 20.7. The van der Waals surface area contributed by atoms with Crippen molar-refractivity contribution in [2.75, 3.05) is 13.2 Å². The molecule has 2 aromatic rings. The van der Waals surface area contributed by atoms with E-state index in [9.17, 15) is 9.59 Å². The summed E-state index contributed by atoms with van der Waals surface area (Å²) in [4.78, 5) is 29.3. The Hall–Kier alpha value is -1.58. The molecule has 50 heavy (non-hydrogen) atoms. The van der Waals surface area contributed by atoms with E-state index in [2.05, 4.69) is 57.3 Å². The Kier molecular flexibility index (Phi) is 13.0. The molecule has 2 fully saturated rings. The summed E-state index contributed by atoms with van der Waals surface area (Å²) in [6, 6.07) is 7.58. The fraction of sp³-hybridized carbons (Fsp3) is 0.526. The Morgan fingerprint density at radius 3 is 1.40 bits per heavy atom. The summed E-state index contributed by atoms with van der Waals surface area (Å²) in [6.07, 6.45) is 8.54. The molecule has 2 aliphatic rings. The fourth-order valence-corrected chi connectivity index (χ4v) is 7.84. The minimum atomic E-state index is -0.773. The Bertz CT molecular complexity index is 1540. The van der Waals surface area contributed by atoms with Crippen LogP contribution in [-0.4, -0.2) is 69.9 Å². The van der Waals surface area contributed by atoms with Crippen molar-refractivity contribution in [2.24, 2.45) is 0 Å². The Balaban J connectivity index is 1.46. The van der Waals surface area contributed by atoms with E-state index >= 15 is 0 Å². The van der Waals surface area contributed by atoms with Gasteiger partial charge in [-0.05, 0) is 163 Å². The fourth-order valence-electron chi connectivity index (χ4n) is 5.89. The lowest BCUT2D eigenvalue weighted by molar-refractivity contribution is -0.0621. The molecule has 2 amide bonds. The maximum absolute atomic E-state index is 13.0. The number of hydrogen-bond donors (Lipinski definition) is 0. The van der Waals surface area contributed by atoms with Gasteiger partial charge in [0.25, 0.3) is 0 Å². The maximum Gasteiger partial charge on any atom is 0.413 e. The molecule has 4 rings (SSSR count). The molecule has 0 N–H and O–H groups in total. The van der Waals surface area contributed by atoms with Crippen LogP contribution in [-0.2, 0) is 31.8 Å². The SMILES string of the molecule is CC(C)(C)OC(=O)N1[C@@H](/C=C/Cc2cc(Cl)c(-c3cc(I)c(C/C=C/[C@H]4COC(C)(C)N4C(=O)OC(C)(C)C)cc3Cl)cc2I)COC1(C)C. The van der Waals surface area contributed by atoms with Crippen molar-refractivity contribution in [3.05, 3.63) is 76.9 Å². The van der Waals surface area contributed by atoms with Crippen LogP contribution in [0.2, 0.25) is 10.0 Å². The van der Waals surface area contributed by atoms with E-state index in [1.807, 2.05) is 106 Å². The second kappa shape index (κ2) is 15.8. The van der Waals surface area contributed by atoms with E-state index in [-0.39, 0.29) is 12.1 Å². The number of benzene rings is 2. The van der Waals surface area contributed by atoms with Crippen LogP contribution in [0.4, 0.5) is 9.59 Å². The number of amides is 2. The highest BCUT2D eigenvalue weighted by Gasteiger charge is 2.45. The molecule has 2 heterocycles. The lowest BCUT2D eigenvalue weighted by Gasteiger charge is -2.34. The molecule has 0 aromatic heterocycles. The number of halogens is 4. The number of nitrogens with zero attached hydrogens (tertiary/aromatic N) is 2. The predicted molar refractivity (Wildman–Crippen MR) is 217 cm³/mol. The van der Waals surface area contributed by atoms with Crippen molar-refractivity contribution in [1.29, 1.82) is 0 Å². The van der Waals surface area contributed by atoms with Gasteiger partial charge in [0, 0.05) is 28.3 Å². The molecule has 0 aliphatic carbocycles. The minimum absolute atomic E-state index is 0.247. The van der Waals surface area contributed by atoms with Crippen LogP contribution in [0.15, 0.2) is 48.6 Å². The molecule has 0 radical (unpaired) electrons. The van der Waals surface area contributed by atoms with Gasteiger partial charge in [0.15, 0.2) is 0 Å². The molecule has 2 atom stereocenters. The van der Waals surface area contributed by atoms with Crippen molar-refractivity contribution in [3.63, 3.8) is 0 Å². The molecule has 0 saturated carbocycles. The van der Waals surface area contributed by atoms with Crippen molar-refractivity contribution in [1.82, 2.24) is 9.80 Å². The summed E-state index contributed by atoms with van der Waals surface area (Å²) in [5.41, 5.74) is 1.08. The molecule has 12 heteroatoms. The van der Waals surface area contributed by atoms with Crippen LogP contribution in [0.25, 0.3) is 11.1 Å². The zero-order valence-corrected chi connectivity index (χ0v) is 36.3. The first-order chi connectivity index (χ1) is 23.0. The lowest BCUT2D eigenvalue weighted by Crippen LogP contribution is -2.49. The van der Waals surface area contributed by atoms with Crippen LogP contribution < -0.4 is 0 Å². The van der Waals surface area contributed by atoms with Crippen LogP contribution >= 0.6 is 68.4 Å². The van der Waals surface area contributed by atoms with E-state index in [0.717, 1.165) is 29.4 Å².